The zero-order valence-electron chi connectivity index (χ0n) is 16.9. The van der Waals surface area contributed by atoms with E-state index in [0.717, 1.165) is 24.4 Å². The van der Waals surface area contributed by atoms with E-state index in [4.69, 9.17) is 4.74 Å². The standard InChI is InChI=1S/C20H24FN7O.HI/c1-3-18-27-26-14-28(18)11-10-24-20(22-2)25-13-15-6-5-9-23-19(15)29-17-8-4-7-16(21)12-17;/h4-9,12,14H,3,10-11,13H2,1-2H3,(H2,22,24,25);1H. The Morgan fingerprint density at radius 3 is 2.87 bits per heavy atom. The molecule has 2 heterocycles. The Kier molecular flexibility index (Phi) is 9.45. The Bertz CT molecular complexity index is 964. The normalized spacial score (nSPS) is 11.0. The smallest absolute Gasteiger partial charge is 0.224 e. The second-order valence-corrected chi connectivity index (χ2v) is 6.17. The van der Waals surface area contributed by atoms with Crippen LogP contribution in [0.2, 0.25) is 0 Å². The third-order valence-corrected chi connectivity index (χ3v) is 4.19. The van der Waals surface area contributed by atoms with Crippen molar-refractivity contribution in [2.24, 2.45) is 4.99 Å². The van der Waals surface area contributed by atoms with Crippen molar-refractivity contribution in [3.05, 3.63) is 66.1 Å². The number of ether oxygens (including phenoxy) is 1. The van der Waals surface area contributed by atoms with Crippen LogP contribution in [0.1, 0.15) is 18.3 Å². The largest absolute Gasteiger partial charge is 0.439 e. The van der Waals surface area contributed by atoms with Gasteiger partial charge in [-0.15, -0.1) is 34.2 Å². The molecule has 3 rings (SSSR count). The van der Waals surface area contributed by atoms with E-state index in [9.17, 15) is 4.39 Å². The van der Waals surface area contributed by atoms with Crippen molar-refractivity contribution in [3.63, 3.8) is 0 Å². The van der Waals surface area contributed by atoms with Crippen molar-refractivity contribution in [2.75, 3.05) is 13.6 Å². The maximum Gasteiger partial charge on any atom is 0.224 e. The first-order valence-corrected chi connectivity index (χ1v) is 9.38. The van der Waals surface area contributed by atoms with Gasteiger partial charge < -0.3 is 19.9 Å². The second-order valence-electron chi connectivity index (χ2n) is 6.17. The molecule has 0 saturated heterocycles. The minimum atomic E-state index is -0.359. The van der Waals surface area contributed by atoms with Gasteiger partial charge in [-0.1, -0.05) is 19.1 Å². The van der Waals surface area contributed by atoms with E-state index in [1.165, 1.54) is 12.1 Å². The summed E-state index contributed by atoms with van der Waals surface area (Å²) in [6.07, 6.45) is 4.19. The maximum atomic E-state index is 13.4. The number of nitrogens with one attached hydrogen (secondary N) is 2. The van der Waals surface area contributed by atoms with Crippen LogP contribution in [0.15, 0.2) is 53.9 Å². The zero-order valence-corrected chi connectivity index (χ0v) is 19.2. The van der Waals surface area contributed by atoms with Crippen LogP contribution in [-0.4, -0.2) is 39.3 Å². The average molecular weight is 525 g/mol. The summed E-state index contributed by atoms with van der Waals surface area (Å²) >= 11 is 0. The fraction of sp³-hybridized carbons (Fsp3) is 0.300. The number of rotatable bonds is 8. The molecular weight excluding hydrogens is 500 g/mol. The molecule has 8 nitrogen and oxygen atoms in total. The number of hydrogen-bond acceptors (Lipinski definition) is 5. The van der Waals surface area contributed by atoms with Gasteiger partial charge in [-0.3, -0.25) is 4.99 Å². The lowest BCUT2D eigenvalue weighted by molar-refractivity contribution is 0.450. The van der Waals surface area contributed by atoms with Crippen molar-refractivity contribution >= 4 is 29.9 Å². The molecule has 0 atom stereocenters. The molecular formula is C20H25FIN7O. The molecule has 0 unspecified atom stereocenters. The van der Waals surface area contributed by atoms with Gasteiger partial charge in [-0.05, 0) is 18.2 Å². The average Bonchev–Trinajstić information content (AvgIpc) is 3.19. The van der Waals surface area contributed by atoms with E-state index >= 15 is 0 Å². The number of aryl methyl sites for hydroxylation is 1. The van der Waals surface area contributed by atoms with Gasteiger partial charge in [-0.25, -0.2) is 9.37 Å². The maximum absolute atomic E-state index is 13.4. The van der Waals surface area contributed by atoms with Gasteiger partial charge in [0.25, 0.3) is 0 Å². The van der Waals surface area contributed by atoms with Crippen molar-refractivity contribution in [3.8, 4) is 11.6 Å². The Labute approximate surface area is 192 Å². The number of benzene rings is 1. The van der Waals surface area contributed by atoms with Crippen molar-refractivity contribution in [1.29, 1.82) is 0 Å². The summed E-state index contributed by atoms with van der Waals surface area (Å²) in [5, 5.41) is 14.5. The molecule has 10 heteroatoms. The molecule has 2 aromatic heterocycles. The van der Waals surface area contributed by atoms with Crippen LogP contribution in [0.5, 0.6) is 11.6 Å². The molecule has 160 valence electrons. The van der Waals surface area contributed by atoms with Crippen molar-refractivity contribution in [2.45, 2.75) is 26.4 Å². The quantitative estimate of drug-likeness (QED) is 0.267. The van der Waals surface area contributed by atoms with Gasteiger partial charge in [-0.2, -0.15) is 0 Å². The Balaban J connectivity index is 0.00000320. The fourth-order valence-corrected chi connectivity index (χ4v) is 2.73. The summed E-state index contributed by atoms with van der Waals surface area (Å²) in [6, 6.07) is 9.69. The van der Waals surface area contributed by atoms with E-state index < -0.39 is 0 Å². The SMILES string of the molecule is CCc1nncn1CCNC(=NC)NCc1cccnc1Oc1cccc(F)c1.I. The molecule has 0 spiro atoms. The summed E-state index contributed by atoms with van der Waals surface area (Å²) in [7, 11) is 1.71. The third kappa shape index (κ3) is 6.65. The van der Waals surface area contributed by atoms with Crippen LogP contribution >= 0.6 is 24.0 Å². The summed E-state index contributed by atoms with van der Waals surface area (Å²) in [4.78, 5) is 8.49. The highest BCUT2D eigenvalue weighted by molar-refractivity contribution is 14.0. The molecule has 3 aromatic rings. The second kappa shape index (κ2) is 12.1. The van der Waals surface area contributed by atoms with E-state index in [-0.39, 0.29) is 29.8 Å². The van der Waals surface area contributed by atoms with E-state index in [1.54, 1.807) is 31.7 Å². The molecule has 0 aliphatic rings. The molecule has 0 aliphatic heterocycles. The third-order valence-electron chi connectivity index (χ3n) is 4.19. The molecule has 0 fully saturated rings. The van der Waals surface area contributed by atoms with Crippen LogP contribution in [0.3, 0.4) is 0 Å². The lowest BCUT2D eigenvalue weighted by Crippen LogP contribution is -2.38. The van der Waals surface area contributed by atoms with Gasteiger partial charge in [0.05, 0.1) is 0 Å². The summed E-state index contributed by atoms with van der Waals surface area (Å²) in [5.74, 6) is 2.05. The number of halogens is 2. The van der Waals surface area contributed by atoms with E-state index in [1.807, 2.05) is 23.6 Å². The Morgan fingerprint density at radius 2 is 2.10 bits per heavy atom. The number of pyridine rings is 1. The van der Waals surface area contributed by atoms with Gasteiger partial charge in [0.1, 0.15) is 23.7 Å². The molecule has 30 heavy (non-hydrogen) atoms. The van der Waals surface area contributed by atoms with Crippen LogP contribution < -0.4 is 15.4 Å². The highest BCUT2D eigenvalue weighted by atomic mass is 127. The lowest BCUT2D eigenvalue weighted by Gasteiger charge is -2.14. The Morgan fingerprint density at radius 1 is 1.23 bits per heavy atom. The van der Waals surface area contributed by atoms with Crippen LogP contribution in [0, 0.1) is 5.82 Å². The van der Waals surface area contributed by atoms with Gasteiger partial charge >= 0.3 is 0 Å². The molecule has 0 radical (unpaired) electrons. The highest BCUT2D eigenvalue weighted by Gasteiger charge is 2.08. The Hall–Kier alpha value is -2.76. The molecule has 0 aliphatic carbocycles. The van der Waals surface area contributed by atoms with Crippen molar-refractivity contribution < 1.29 is 9.13 Å². The number of hydrogen-bond donors (Lipinski definition) is 2. The minimum absolute atomic E-state index is 0. The van der Waals surface area contributed by atoms with Crippen molar-refractivity contribution in [1.82, 2.24) is 30.4 Å². The molecule has 1 aromatic carbocycles. The summed E-state index contributed by atoms with van der Waals surface area (Å²) in [6.45, 7) is 3.90. The molecule has 0 amide bonds. The van der Waals surface area contributed by atoms with Crippen LogP contribution in [0.25, 0.3) is 0 Å². The number of aliphatic imine (C=N–C) groups is 1. The number of aromatic nitrogens is 4. The van der Waals surface area contributed by atoms with Gasteiger partial charge in [0, 0.05) is 50.9 Å². The number of nitrogens with zero attached hydrogens (tertiary/aromatic N) is 5. The van der Waals surface area contributed by atoms with E-state index in [0.29, 0.717) is 30.7 Å². The molecule has 2 N–H and O–H groups in total. The van der Waals surface area contributed by atoms with Crippen LogP contribution in [0.4, 0.5) is 4.39 Å². The van der Waals surface area contributed by atoms with Gasteiger partial charge in [0.2, 0.25) is 5.88 Å². The predicted octanol–water partition coefficient (Wildman–Crippen LogP) is 3.15. The molecule has 0 saturated carbocycles. The molecule has 0 bridgehead atoms. The first-order chi connectivity index (χ1) is 14.2. The topological polar surface area (TPSA) is 89.2 Å². The van der Waals surface area contributed by atoms with E-state index in [2.05, 4.69) is 30.8 Å². The van der Waals surface area contributed by atoms with Crippen LogP contribution in [-0.2, 0) is 19.5 Å². The fourth-order valence-electron chi connectivity index (χ4n) is 2.73. The number of guanidine groups is 1. The minimum Gasteiger partial charge on any atom is -0.439 e. The van der Waals surface area contributed by atoms with Gasteiger partial charge in [0.15, 0.2) is 5.96 Å². The first-order valence-electron chi connectivity index (χ1n) is 9.38. The highest BCUT2D eigenvalue weighted by Crippen LogP contribution is 2.23. The summed E-state index contributed by atoms with van der Waals surface area (Å²) < 4.78 is 21.1. The predicted molar refractivity (Wildman–Crippen MR) is 124 cm³/mol. The monoisotopic (exact) mass is 525 g/mol. The zero-order chi connectivity index (χ0) is 20.5. The summed E-state index contributed by atoms with van der Waals surface area (Å²) in [5.41, 5.74) is 0.826. The lowest BCUT2D eigenvalue weighted by atomic mass is 10.2. The first kappa shape index (κ1) is 23.5.